The van der Waals surface area contributed by atoms with Gasteiger partial charge in [-0.3, -0.25) is 49.2 Å². The largest absolute Gasteiger partial charge is 0.508 e. The van der Waals surface area contributed by atoms with Gasteiger partial charge in [-0.05, 0) is 60.7 Å². The number of benzene rings is 3. The number of fused-ring (bicyclic) bond motifs is 4. The van der Waals surface area contributed by atoms with E-state index in [0.717, 1.165) is 9.80 Å². The first-order valence-electron chi connectivity index (χ1n) is 14.4. The number of hydrogen-bond donors (Lipinski definition) is 1. The normalized spacial score (nSPS) is 26.8. The smallest absolute Gasteiger partial charge is 0.269 e. The van der Waals surface area contributed by atoms with Gasteiger partial charge in [0.15, 0.2) is 0 Å². The minimum atomic E-state index is -0.929. The fraction of sp³-hybridized carbons (Fsp3) is 0.250. The number of rotatable bonds is 5. The van der Waals surface area contributed by atoms with Crippen LogP contribution in [-0.2, 0) is 19.2 Å². The molecular weight excluding hydrogens is 620 g/mol. The quantitative estimate of drug-likeness (QED) is 0.175. The van der Waals surface area contributed by atoms with Crippen molar-refractivity contribution in [2.75, 3.05) is 9.80 Å². The Kier molecular flexibility index (Phi) is 6.74. The molecule has 46 heavy (non-hydrogen) atoms. The van der Waals surface area contributed by atoms with E-state index < -0.39 is 69.0 Å². The highest BCUT2D eigenvalue weighted by molar-refractivity contribution is 6.32. The third-order valence-corrected chi connectivity index (χ3v) is 9.93. The molecule has 3 aromatic carbocycles. The van der Waals surface area contributed by atoms with E-state index in [9.17, 15) is 44.5 Å². The number of imide groups is 2. The fourth-order valence-electron chi connectivity index (χ4n) is 7.66. The summed E-state index contributed by atoms with van der Waals surface area (Å²) < 4.78 is 0. The molecule has 0 aromatic heterocycles. The summed E-state index contributed by atoms with van der Waals surface area (Å²) in [6, 6.07) is 14.5. The number of hydrogen-bond acceptors (Lipinski definition) is 9. The maximum atomic E-state index is 14.1. The predicted octanol–water partition coefficient (Wildman–Crippen LogP) is 4.91. The summed E-state index contributed by atoms with van der Waals surface area (Å²) in [4.78, 5) is 79.1. The van der Waals surface area contributed by atoms with Gasteiger partial charge in [0.2, 0.25) is 23.6 Å². The fourth-order valence-corrected chi connectivity index (χ4v) is 7.95. The Morgan fingerprint density at radius 2 is 1.22 bits per heavy atom. The Morgan fingerprint density at radius 1 is 0.696 bits per heavy atom. The Bertz CT molecular complexity index is 1910. The van der Waals surface area contributed by atoms with Gasteiger partial charge in [-0.2, -0.15) is 0 Å². The highest BCUT2D eigenvalue weighted by Crippen LogP contribution is 2.59. The van der Waals surface area contributed by atoms with Crippen LogP contribution in [0.25, 0.3) is 0 Å². The van der Waals surface area contributed by atoms with E-state index in [1.165, 1.54) is 60.7 Å². The zero-order chi connectivity index (χ0) is 32.6. The van der Waals surface area contributed by atoms with Crippen LogP contribution in [0.1, 0.15) is 24.3 Å². The second-order valence-corrected chi connectivity index (χ2v) is 12.2. The summed E-state index contributed by atoms with van der Waals surface area (Å²) in [7, 11) is 0. The van der Waals surface area contributed by atoms with Gasteiger partial charge in [0.25, 0.3) is 11.4 Å². The number of nitro benzene ring substituents is 2. The number of allylic oxidation sites excluding steroid dienone is 2. The molecule has 13 nitrogen and oxygen atoms in total. The van der Waals surface area contributed by atoms with E-state index >= 15 is 0 Å². The van der Waals surface area contributed by atoms with Crippen LogP contribution in [0, 0.1) is 49.8 Å². The van der Waals surface area contributed by atoms with Crippen molar-refractivity contribution in [1.29, 1.82) is 0 Å². The monoisotopic (exact) mass is 642 g/mol. The number of nitrogens with zero attached hydrogens (tertiary/aromatic N) is 4. The summed E-state index contributed by atoms with van der Waals surface area (Å²) in [5.74, 6) is -6.96. The molecule has 4 aliphatic rings. The second-order valence-electron chi connectivity index (χ2n) is 11.8. The van der Waals surface area contributed by atoms with Gasteiger partial charge in [0.05, 0.1) is 44.9 Å². The van der Waals surface area contributed by atoms with Crippen molar-refractivity contribution in [3.8, 4) is 5.75 Å². The van der Waals surface area contributed by atoms with Gasteiger partial charge in [0.1, 0.15) is 5.75 Å². The lowest BCUT2D eigenvalue weighted by atomic mass is 9.57. The number of halogens is 1. The number of aromatic hydroxyl groups is 1. The number of nitro groups is 2. The number of carbonyl (C=O) groups excluding carboxylic acids is 4. The van der Waals surface area contributed by atoms with E-state index in [0.29, 0.717) is 11.1 Å². The van der Waals surface area contributed by atoms with Gasteiger partial charge in [-0.25, -0.2) is 0 Å². The molecule has 4 amide bonds. The number of carbonyl (C=O) groups is 4. The Labute approximate surface area is 265 Å². The molecule has 7 rings (SSSR count). The van der Waals surface area contributed by atoms with Gasteiger partial charge in [0, 0.05) is 35.2 Å². The van der Waals surface area contributed by atoms with E-state index in [1.54, 1.807) is 6.07 Å². The summed E-state index contributed by atoms with van der Waals surface area (Å²) >= 11 is 6.63. The van der Waals surface area contributed by atoms with Crippen LogP contribution in [0.3, 0.4) is 0 Å². The average Bonchev–Trinajstić information content (AvgIpc) is 3.44. The van der Waals surface area contributed by atoms with Crippen molar-refractivity contribution in [3.05, 3.63) is 109 Å². The van der Waals surface area contributed by atoms with Crippen LogP contribution in [0.4, 0.5) is 22.7 Å². The zero-order valence-corrected chi connectivity index (χ0v) is 24.4. The number of phenols is 1. The first kappa shape index (κ1) is 29.3. The van der Waals surface area contributed by atoms with E-state index in [4.69, 9.17) is 11.6 Å². The SMILES string of the molecule is O=C1[C@H]2[C@H](CC=C3[C@H]2C[C@H]2C(=O)N(c4ccc([N+](=O)[O-])cc4)C(=O)[C@H]2[C@H]3c2ccc(O)cc2Cl)C(=O)N1c1ccc([N+](=O)[O-])cc1. The third-order valence-electron chi connectivity index (χ3n) is 9.61. The molecule has 0 unspecified atom stereocenters. The molecule has 232 valence electrons. The lowest BCUT2D eigenvalue weighted by molar-refractivity contribution is -0.385. The molecule has 0 spiro atoms. The number of anilines is 2. The summed E-state index contributed by atoms with van der Waals surface area (Å²) in [6.45, 7) is 0. The molecule has 6 atom stereocenters. The van der Waals surface area contributed by atoms with Crippen molar-refractivity contribution in [1.82, 2.24) is 0 Å². The Hall–Kier alpha value is -5.43. The van der Waals surface area contributed by atoms with Crippen LogP contribution < -0.4 is 9.80 Å². The molecule has 1 N–H and O–H groups in total. The highest BCUT2D eigenvalue weighted by atomic mass is 35.5. The molecule has 1 saturated carbocycles. The maximum absolute atomic E-state index is 14.1. The highest BCUT2D eigenvalue weighted by Gasteiger charge is 2.62. The minimum Gasteiger partial charge on any atom is -0.508 e. The van der Waals surface area contributed by atoms with Gasteiger partial charge < -0.3 is 5.11 Å². The van der Waals surface area contributed by atoms with Gasteiger partial charge >= 0.3 is 0 Å². The van der Waals surface area contributed by atoms with Crippen LogP contribution in [0.2, 0.25) is 5.02 Å². The molecule has 3 aromatic rings. The molecule has 2 aliphatic heterocycles. The lowest BCUT2D eigenvalue weighted by Crippen LogP contribution is -2.43. The van der Waals surface area contributed by atoms with Crippen LogP contribution in [0.5, 0.6) is 5.75 Å². The van der Waals surface area contributed by atoms with Gasteiger partial charge in [-0.1, -0.05) is 29.3 Å². The molecule has 0 bridgehead atoms. The lowest BCUT2D eigenvalue weighted by Gasteiger charge is -2.44. The molecule has 0 radical (unpaired) electrons. The van der Waals surface area contributed by atoms with E-state index in [1.807, 2.05) is 6.08 Å². The molecule has 2 aliphatic carbocycles. The minimum absolute atomic E-state index is 0.0883. The van der Waals surface area contributed by atoms with E-state index in [-0.39, 0.29) is 46.4 Å². The third kappa shape index (κ3) is 4.30. The topological polar surface area (TPSA) is 181 Å². The Morgan fingerprint density at radius 3 is 1.74 bits per heavy atom. The van der Waals surface area contributed by atoms with Gasteiger partial charge in [-0.15, -0.1) is 0 Å². The number of amides is 4. The summed E-state index contributed by atoms with van der Waals surface area (Å²) in [6.07, 6.45) is 2.11. The molecule has 2 heterocycles. The number of non-ortho nitro benzene ring substituents is 2. The molecular formula is C32H23ClN4O9. The first-order valence-corrected chi connectivity index (χ1v) is 14.8. The van der Waals surface area contributed by atoms with Crippen LogP contribution in [0.15, 0.2) is 78.4 Å². The molecule has 2 saturated heterocycles. The van der Waals surface area contributed by atoms with Crippen molar-refractivity contribution >= 4 is 58.0 Å². The summed E-state index contributed by atoms with van der Waals surface area (Å²) in [5, 5.41) is 32.6. The predicted molar refractivity (Wildman–Crippen MR) is 162 cm³/mol. The zero-order valence-electron chi connectivity index (χ0n) is 23.7. The van der Waals surface area contributed by atoms with Crippen molar-refractivity contribution in [2.45, 2.75) is 18.8 Å². The van der Waals surface area contributed by atoms with Crippen molar-refractivity contribution < 1.29 is 34.1 Å². The van der Waals surface area contributed by atoms with Crippen molar-refractivity contribution in [2.24, 2.45) is 29.6 Å². The molecule has 3 fully saturated rings. The van der Waals surface area contributed by atoms with Crippen LogP contribution in [-0.4, -0.2) is 38.6 Å². The Balaban J connectivity index is 1.31. The maximum Gasteiger partial charge on any atom is 0.269 e. The second kappa shape index (κ2) is 10.6. The first-order chi connectivity index (χ1) is 22.0. The van der Waals surface area contributed by atoms with E-state index in [2.05, 4.69) is 0 Å². The molecule has 14 heteroatoms. The number of phenolic OH excluding ortho intramolecular Hbond substituents is 1. The average molecular weight is 643 g/mol. The standard InChI is InChI=1S/C32H23ClN4O9/c33-25-13-19(38)9-10-21(25)26-20-11-12-22-27(31(41)34(29(22)39)15-1-5-17(6-2-15)36(43)44)23(20)14-24-28(26)32(42)35(30(24)40)16-3-7-18(8-4-16)37(45)46/h1-11,13,22-24,26-28,38H,12,14H2/t22-,23+,24+,26+,27-,28+/m0/s1. The summed E-state index contributed by atoms with van der Waals surface area (Å²) in [5.41, 5.74) is 1.11. The van der Waals surface area contributed by atoms with Crippen molar-refractivity contribution in [3.63, 3.8) is 0 Å². The van der Waals surface area contributed by atoms with Crippen LogP contribution >= 0.6 is 11.6 Å².